The summed E-state index contributed by atoms with van der Waals surface area (Å²) in [5.74, 6) is 1.32. The summed E-state index contributed by atoms with van der Waals surface area (Å²) in [6, 6.07) is 0.434. The lowest BCUT2D eigenvalue weighted by Crippen LogP contribution is -2.44. The maximum absolute atomic E-state index is 12.0. The van der Waals surface area contributed by atoms with Gasteiger partial charge in [-0.05, 0) is 51.0 Å². The third kappa shape index (κ3) is 3.29. The van der Waals surface area contributed by atoms with Crippen LogP contribution in [-0.4, -0.2) is 47.7 Å². The molecule has 3 unspecified atom stereocenters. The Labute approximate surface area is 115 Å². The van der Waals surface area contributed by atoms with Crippen LogP contribution in [0, 0.1) is 11.8 Å². The van der Waals surface area contributed by atoms with Crippen LogP contribution in [0.3, 0.4) is 0 Å². The number of hydrogen-bond donors (Lipinski definition) is 2. The summed E-state index contributed by atoms with van der Waals surface area (Å²) in [4.78, 5) is 14.3. The molecule has 0 aromatic carbocycles. The molecule has 3 fully saturated rings. The molecule has 1 heterocycles. The second kappa shape index (κ2) is 5.80. The maximum atomic E-state index is 12.0. The average Bonchev–Trinajstić information content (AvgIpc) is 2.97. The summed E-state index contributed by atoms with van der Waals surface area (Å²) in [7, 11) is 0. The predicted octanol–water partition coefficient (Wildman–Crippen LogP) is 1.14. The van der Waals surface area contributed by atoms with E-state index in [1.54, 1.807) is 0 Å². The fourth-order valence-corrected chi connectivity index (χ4v) is 3.77. The summed E-state index contributed by atoms with van der Waals surface area (Å²) in [6.07, 6.45) is 7.96. The molecule has 0 spiro atoms. The van der Waals surface area contributed by atoms with Crippen molar-refractivity contribution in [2.24, 2.45) is 11.8 Å². The number of carbonyl (C=O) groups excluding carboxylic acids is 1. The monoisotopic (exact) mass is 266 g/mol. The van der Waals surface area contributed by atoms with Crippen LogP contribution in [0.2, 0.25) is 0 Å². The van der Waals surface area contributed by atoms with Gasteiger partial charge in [0.25, 0.3) is 0 Å². The second-order valence-electron chi connectivity index (χ2n) is 6.59. The molecular formula is C15H26N2O2. The van der Waals surface area contributed by atoms with Crippen LogP contribution in [0.5, 0.6) is 0 Å². The van der Waals surface area contributed by atoms with E-state index in [9.17, 15) is 9.90 Å². The third-order valence-electron chi connectivity index (χ3n) is 5.07. The minimum absolute atomic E-state index is 0.139. The Hall–Kier alpha value is -0.610. The largest absolute Gasteiger partial charge is 0.393 e. The van der Waals surface area contributed by atoms with E-state index in [-0.39, 0.29) is 12.0 Å². The molecule has 4 heteroatoms. The van der Waals surface area contributed by atoms with Crippen LogP contribution < -0.4 is 5.32 Å². The molecule has 1 aliphatic heterocycles. The van der Waals surface area contributed by atoms with Crippen LogP contribution in [0.15, 0.2) is 0 Å². The van der Waals surface area contributed by atoms with Crippen molar-refractivity contribution in [2.75, 3.05) is 19.6 Å². The van der Waals surface area contributed by atoms with Gasteiger partial charge in [-0.25, -0.2) is 0 Å². The Morgan fingerprint density at radius 1 is 1.16 bits per heavy atom. The Morgan fingerprint density at radius 2 is 2.00 bits per heavy atom. The molecule has 0 aromatic heterocycles. The van der Waals surface area contributed by atoms with E-state index < -0.39 is 0 Å². The third-order valence-corrected chi connectivity index (χ3v) is 5.07. The number of nitrogens with zero attached hydrogens (tertiary/aromatic N) is 1. The Balaban J connectivity index is 1.49. The molecule has 19 heavy (non-hydrogen) atoms. The average molecular weight is 266 g/mol. The van der Waals surface area contributed by atoms with Gasteiger partial charge < -0.3 is 10.4 Å². The summed E-state index contributed by atoms with van der Waals surface area (Å²) < 4.78 is 0. The Morgan fingerprint density at radius 3 is 2.68 bits per heavy atom. The first kappa shape index (κ1) is 13.4. The first-order valence-corrected chi connectivity index (χ1v) is 7.93. The molecule has 2 saturated carbocycles. The van der Waals surface area contributed by atoms with Crippen molar-refractivity contribution < 1.29 is 9.90 Å². The SMILES string of the molecule is O=C(CN1CCCC1C1CCCC1O)NCC1CC1. The summed E-state index contributed by atoms with van der Waals surface area (Å²) in [5, 5.41) is 13.1. The zero-order valence-corrected chi connectivity index (χ0v) is 11.7. The number of nitrogens with one attached hydrogen (secondary N) is 1. The predicted molar refractivity (Wildman–Crippen MR) is 73.7 cm³/mol. The molecule has 0 radical (unpaired) electrons. The van der Waals surface area contributed by atoms with Gasteiger partial charge in [0.2, 0.25) is 5.91 Å². The number of likely N-dealkylation sites (tertiary alicyclic amines) is 1. The zero-order valence-electron chi connectivity index (χ0n) is 11.7. The first-order valence-electron chi connectivity index (χ1n) is 7.93. The standard InChI is InChI=1S/C15H26N2O2/c18-14-5-1-3-12(14)13-4-2-8-17(13)10-15(19)16-9-11-6-7-11/h11-14,18H,1-10H2,(H,16,19). The van der Waals surface area contributed by atoms with Gasteiger partial charge in [-0.15, -0.1) is 0 Å². The number of rotatable bonds is 5. The van der Waals surface area contributed by atoms with Gasteiger partial charge in [0.15, 0.2) is 0 Å². The van der Waals surface area contributed by atoms with Crippen LogP contribution >= 0.6 is 0 Å². The van der Waals surface area contributed by atoms with Gasteiger partial charge in [0.05, 0.1) is 12.6 Å². The van der Waals surface area contributed by atoms with E-state index >= 15 is 0 Å². The van der Waals surface area contributed by atoms with Crippen molar-refractivity contribution >= 4 is 5.91 Å². The molecule has 0 bridgehead atoms. The van der Waals surface area contributed by atoms with E-state index in [2.05, 4.69) is 10.2 Å². The van der Waals surface area contributed by atoms with Gasteiger partial charge in [-0.3, -0.25) is 9.69 Å². The highest BCUT2D eigenvalue weighted by Gasteiger charge is 2.38. The zero-order chi connectivity index (χ0) is 13.2. The molecule has 2 N–H and O–H groups in total. The summed E-state index contributed by atoms with van der Waals surface area (Å²) in [6.45, 7) is 2.41. The fraction of sp³-hybridized carbons (Fsp3) is 0.933. The van der Waals surface area contributed by atoms with E-state index in [0.717, 1.165) is 44.7 Å². The van der Waals surface area contributed by atoms with Crippen LogP contribution in [0.4, 0.5) is 0 Å². The van der Waals surface area contributed by atoms with Crippen molar-refractivity contribution in [3.8, 4) is 0 Å². The summed E-state index contributed by atoms with van der Waals surface area (Å²) >= 11 is 0. The van der Waals surface area contributed by atoms with Crippen molar-refractivity contribution in [2.45, 2.75) is 57.1 Å². The number of aliphatic hydroxyl groups is 1. The number of carbonyl (C=O) groups is 1. The van der Waals surface area contributed by atoms with Crippen molar-refractivity contribution in [1.29, 1.82) is 0 Å². The topological polar surface area (TPSA) is 52.6 Å². The summed E-state index contributed by atoms with van der Waals surface area (Å²) in [5.41, 5.74) is 0. The molecular weight excluding hydrogens is 240 g/mol. The molecule has 3 atom stereocenters. The smallest absolute Gasteiger partial charge is 0.234 e. The van der Waals surface area contributed by atoms with Crippen LogP contribution in [0.25, 0.3) is 0 Å². The lowest BCUT2D eigenvalue weighted by Gasteiger charge is -2.30. The highest BCUT2D eigenvalue weighted by molar-refractivity contribution is 5.78. The normalized spacial score (nSPS) is 35.7. The van der Waals surface area contributed by atoms with Crippen LogP contribution in [-0.2, 0) is 4.79 Å². The van der Waals surface area contributed by atoms with E-state index in [4.69, 9.17) is 0 Å². The number of hydrogen-bond acceptors (Lipinski definition) is 3. The minimum Gasteiger partial charge on any atom is -0.393 e. The van der Waals surface area contributed by atoms with Gasteiger partial charge in [0, 0.05) is 18.5 Å². The molecule has 4 nitrogen and oxygen atoms in total. The van der Waals surface area contributed by atoms with Crippen LogP contribution in [0.1, 0.15) is 44.9 Å². The molecule has 3 rings (SSSR count). The molecule has 2 aliphatic carbocycles. The van der Waals surface area contributed by atoms with E-state index in [0.29, 0.717) is 18.5 Å². The maximum Gasteiger partial charge on any atom is 0.234 e. The van der Waals surface area contributed by atoms with Gasteiger partial charge >= 0.3 is 0 Å². The molecule has 3 aliphatic rings. The Bertz CT molecular complexity index is 330. The van der Waals surface area contributed by atoms with E-state index in [1.165, 1.54) is 19.3 Å². The lowest BCUT2D eigenvalue weighted by atomic mass is 9.94. The highest BCUT2D eigenvalue weighted by Crippen LogP contribution is 2.35. The second-order valence-corrected chi connectivity index (χ2v) is 6.59. The number of aliphatic hydroxyl groups excluding tert-OH is 1. The molecule has 1 saturated heterocycles. The van der Waals surface area contributed by atoms with E-state index in [1.807, 2.05) is 0 Å². The number of amides is 1. The van der Waals surface area contributed by atoms with Gasteiger partial charge in [-0.1, -0.05) is 6.42 Å². The minimum atomic E-state index is -0.139. The quantitative estimate of drug-likeness (QED) is 0.784. The highest BCUT2D eigenvalue weighted by atomic mass is 16.3. The lowest BCUT2D eigenvalue weighted by molar-refractivity contribution is -0.122. The van der Waals surface area contributed by atoms with Crippen molar-refractivity contribution in [3.63, 3.8) is 0 Å². The van der Waals surface area contributed by atoms with Crippen molar-refractivity contribution in [1.82, 2.24) is 10.2 Å². The first-order chi connectivity index (χ1) is 9.24. The van der Waals surface area contributed by atoms with Gasteiger partial charge in [0.1, 0.15) is 0 Å². The molecule has 0 aromatic rings. The molecule has 1 amide bonds. The fourth-order valence-electron chi connectivity index (χ4n) is 3.77. The van der Waals surface area contributed by atoms with Crippen molar-refractivity contribution in [3.05, 3.63) is 0 Å². The Kier molecular flexibility index (Phi) is 4.08. The molecule has 108 valence electrons. The van der Waals surface area contributed by atoms with Gasteiger partial charge in [-0.2, -0.15) is 0 Å².